The van der Waals surface area contributed by atoms with E-state index in [0.717, 1.165) is 49.2 Å². The molecule has 4 nitrogen and oxygen atoms in total. The Morgan fingerprint density at radius 1 is 1.24 bits per heavy atom. The molecular weight excluding hydrogens is 328 g/mol. The number of halogens is 1. The van der Waals surface area contributed by atoms with Crippen molar-refractivity contribution in [1.82, 2.24) is 4.90 Å². The molecule has 2 rings (SSSR count). The van der Waals surface area contributed by atoms with E-state index in [2.05, 4.69) is 44.8 Å². The van der Waals surface area contributed by atoms with Crippen LogP contribution in [0.2, 0.25) is 0 Å². The van der Waals surface area contributed by atoms with Crippen molar-refractivity contribution in [3.63, 3.8) is 0 Å². The van der Waals surface area contributed by atoms with Crippen LogP contribution in [0.3, 0.4) is 0 Å². The number of anilines is 1. The van der Waals surface area contributed by atoms with Gasteiger partial charge in [0.1, 0.15) is 6.07 Å². The fraction of sp³-hybridized carbons (Fsp3) is 0.500. The van der Waals surface area contributed by atoms with Crippen LogP contribution in [0.5, 0.6) is 0 Å². The maximum atomic E-state index is 9.24. The van der Waals surface area contributed by atoms with Gasteiger partial charge in [-0.1, -0.05) is 13.3 Å². The van der Waals surface area contributed by atoms with Crippen molar-refractivity contribution >= 4 is 21.6 Å². The molecule has 1 aromatic rings. The molecule has 110 valence electrons. The summed E-state index contributed by atoms with van der Waals surface area (Å²) in [5.41, 5.74) is 1.79. The minimum atomic E-state index is 0.0462. The summed E-state index contributed by atoms with van der Waals surface area (Å²) >= 11 is 3.44. The normalized spacial score (nSPS) is 17.0. The van der Waals surface area contributed by atoms with Gasteiger partial charge in [-0.2, -0.15) is 10.5 Å². The molecule has 1 unspecified atom stereocenters. The Morgan fingerprint density at radius 2 is 1.95 bits per heavy atom. The van der Waals surface area contributed by atoms with Gasteiger partial charge in [0.15, 0.2) is 0 Å². The van der Waals surface area contributed by atoms with Crippen LogP contribution in [0.1, 0.15) is 25.3 Å². The van der Waals surface area contributed by atoms with Crippen molar-refractivity contribution in [2.24, 2.45) is 0 Å². The van der Waals surface area contributed by atoms with Gasteiger partial charge in [0.25, 0.3) is 0 Å². The summed E-state index contributed by atoms with van der Waals surface area (Å²) in [5, 5.41) is 18.2. The van der Waals surface area contributed by atoms with Crippen molar-refractivity contribution < 1.29 is 0 Å². The minimum Gasteiger partial charge on any atom is -0.369 e. The standard InChI is InChI=1S/C16H19BrN4/c1-2-3-15(12-19)21-8-6-20(7-9-21)14-5-4-13(11-18)16(17)10-14/h4-5,10,15H,2-3,6-9H2,1H3. The Hall–Kier alpha value is -1.56. The third-order valence-electron chi connectivity index (χ3n) is 3.90. The molecule has 0 bridgehead atoms. The first-order chi connectivity index (χ1) is 10.2. The SMILES string of the molecule is CCCC(C#N)N1CCN(c2ccc(C#N)c(Br)c2)CC1. The van der Waals surface area contributed by atoms with Gasteiger partial charge in [-0.05, 0) is 40.5 Å². The topological polar surface area (TPSA) is 54.1 Å². The number of piperazine rings is 1. The van der Waals surface area contributed by atoms with Crippen LogP contribution in [0.25, 0.3) is 0 Å². The lowest BCUT2D eigenvalue weighted by molar-refractivity contribution is 0.211. The van der Waals surface area contributed by atoms with Crippen molar-refractivity contribution in [2.75, 3.05) is 31.1 Å². The lowest BCUT2D eigenvalue weighted by Crippen LogP contribution is -2.50. The fourth-order valence-corrected chi connectivity index (χ4v) is 3.14. The molecule has 0 spiro atoms. The van der Waals surface area contributed by atoms with Gasteiger partial charge < -0.3 is 4.90 Å². The smallest absolute Gasteiger partial charge is 0.100 e. The first kappa shape index (κ1) is 15.8. The third kappa shape index (κ3) is 3.75. The Morgan fingerprint density at radius 3 is 2.48 bits per heavy atom. The molecule has 1 aromatic carbocycles. The van der Waals surface area contributed by atoms with Crippen LogP contribution >= 0.6 is 15.9 Å². The number of hydrogen-bond acceptors (Lipinski definition) is 4. The average Bonchev–Trinajstić information content (AvgIpc) is 2.52. The molecule has 0 N–H and O–H groups in total. The highest BCUT2D eigenvalue weighted by atomic mass is 79.9. The van der Waals surface area contributed by atoms with Crippen LogP contribution in [-0.4, -0.2) is 37.1 Å². The predicted octanol–water partition coefficient (Wildman–Crippen LogP) is 3.14. The molecule has 21 heavy (non-hydrogen) atoms. The number of nitrogens with zero attached hydrogens (tertiary/aromatic N) is 4. The van der Waals surface area contributed by atoms with E-state index >= 15 is 0 Å². The molecule has 5 heteroatoms. The van der Waals surface area contributed by atoms with E-state index in [-0.39, 0.29) is 6.04 Å². The largest absolute Gasteiger partial charge is 0.369 e. The Labute approximate surface area is 134 Å². The van der Waals surface area contributed by atoms with Crippen LogP contribution < -0.4 is 4.90 Å². The average molecular weight is 347 g/mol. The molecule has 0 aliphatic carbocycles. The van der Waals surface area contributed by atoms with Crippen LogP contribution in [0, 0.1) is 22.7 Å². The van der Waals surface area contributed by atoms with E-state index in [0.29, 0.717) is 5.56 Å². The second kappa shape index (κ2) is 7.45. The number of benzene rings is 1. The summed E-state index contributed by atoms with van der Waals surface area (Å²) in [4.78, 5) is 4.58. The van der Waals surface area contributed by atoms with E-state index in [4.69, 9.17) is 5.26 Å². The zero-order valence-electron chi connectivity index (χ0n) is 12.2. The van der Waals surface area contributed by atoms with E-state index < -0.39 is 0 Å². The van der Waals surface area contributed by atoms with Gasteiger partial charge in [0, 0.05) is 36.3 Å². The van der Waals surface area contributed by atoms with Gasteiger partial charge in [-0.3, -0.25) is 4.90 Å². The molecule has 0 amide bonds. The molecule has 0 radical (unpaired) electrons. The molecule has 1 saturated heterocycles. The quantitative estimate of drug-likeness (QED) is 0.840. The summed E-state index contributed by atoms with van der Waals surface area (Å²) in [6, 6.07) is 10.5. The third-order valence-corrected chi connectivity index (χ3v) is 4.56. The Balaban J connectivity index is 2.00. The van der Waals surface area contributed by atoms with Gasteiger partial charge in [0.05, 0.1) is 17.7 Å². The lowest BCUT2D eigenvalue weighted by Gasteiger charge is -2.38. The number of hydrogen-bond donors (Lipinski definition) is 0. The van der Waals surface area contributed by atoms with Gasteiger partial charge >= 0.3 is 0 Å². The highest BCUT2D eigenvalue weighted by molar-refractivity contribution is 9.10. The highest BCUT2D eigenvalue weighted by Crippen LogP contribution is 2.25. The van der Waals surface area contributed by atoms with Gasteiger partial charge in [-0.15, -0.1) is 0 Å². The molecule has 0 aromatic heterocycles. The number of nitriles is 2. The zero-order chi connectivity index (χ0) is 15.2. The molecular formula is C16H19BrN4. The van der Waals surface area contributed by atoms with E-state index in [1.807, 2.05) is 18.2 Å². The van der Waals surface area contributed by atoms with E-state index in [1.165, 1.54) is 0 Å². The predicted molar refractivity (Wildman–Crippen MR) is 87.0 cm³/mol. The van der Waals surface area contributed by atoms with Crippen molar-refractivity contribution in [2.45, 2.75) is 25.8 Å². The van der Waals surface area contributed by atoms with Crippen LogP contribution in [-0.2, 0) is 0 Å². The zero-order valence-corrected chi connectivity index (χ0v) is 13.8. The van der Waals surface area contributed by atoms with Crippen molar-refractivity contribution in [1.29, 1.82) is 10.5 Å². The molecule has 1 fully saturated rings. The maximum Gasteiger partial charge on any atom is 0.100 e. The number of rotatable bonds is 4. The van der Waals surface area contributed by atoms with E-state index in [9.17, 15) is 5.26 Å². The molecule has 1 atom stereocenters. The Bertz CT molecular complexity index is 565. The van der Waals surface area contributed by atoms with Gasteiger partial charge in [0.2, 0.25) is 0 Å². The first-order valence-electron chi connectivity index (χ1n) is 7.27. The van der Waals surface area contributed by atoms with Crippen LogP contribution in [0.4, 0.5) is 5.69 Å². The second-order valence-electron chi connectivity index (χ2n) is 5.23. The van der Waals surface area contributed by atoms with Crippen molar-refractivity contribution in [3.8, 4) is 12.1 Å². The minimum absolute atomic E-state index is 0.0462. The van der Waals surface area contributed by atoms with Crippen LogP contribution in [0.15, 0.2) is 22.7 Å². The second-order valence-corrected chi connectivity index (χ2v) is 6.09. The summed E-state index contributed by atoms with van der Waals surface area (Å²) < 4.78 is 0.839. The summed E-state index contributed by atoms with van der Waals surface area (Å²) in [6.07, 6.45) is 1.99. The summed E-state index contributed by atoms with van der Waals surface area (Å²) in [7, 11) is 0. The highest BCUT2D eigenvalue weighted by Gasteiger charge is 2.23. The Kier molecular flexibility index (Phi) is 5.61. The summed E-state index contributed by atoms with van der Waals surface area (Å²) in [5.74, 6) is 0. The molecule has 1 aliphatic rings. The first-order valence-corrected chi connectivity index (χ1v) is 8.07. The monoisotopic (exact) mass is 346 g/mol. The van der Waals surface area contributed by atoms with Gasteiger partial charge in [-0.25, -0.2) is 0 Å². The molecule has 1 heterocycles. The summed E-state index contributed by atoms with van der Waals surface area (Å²) in [6.45, 7) is 5.78. The van der Waals surface area contributed by atoms with Crippen molar-refractivity contribution in [3.05, 3.63) is 28.2 Å². The maximum absolute atomic E-state index is 9.24. The molecule has 1 aliphatic heterocycles. The lowest BCUT2D eigenvalue weighted by atomic mass is 10.1. The molecule has 0 saturated carbocycles. The fourth-order valence-electron chi connectivity index (χ4n) is 2.69. The van der Waals surface area contributed by atoms with E-state index in [1.54, 1.807) is 0 Å².